The molecule has 32 heavy (non-hydrogen) atoms. The third kappa shape index (κ3) is 3.74. The van der Waals surface area contributed by atoms with Gasteiger partial charge in [0.1, 0.15) is 11.7 Å². The Balaban J connectivity index is 1.68. The summed E-state index contributed by atoms with van der Waals surface area (Å²) < 4.78 is 13.2. The van der Waals surface area contributed by atoms with Gasteiger partial charge in [0.2, 0.25) is 11.8 Å². The number of carbonyl (C=O) groups is 3. The van der Waals surface area contributed by atoms with E-state index in [0.29, 0.717) is 40.2 Å². The average Bonchev–Trinajstić information content (AvgIpc) is 3.10. The Bertz CT molecular complexity index is 1260. The van der Waals surface area contributed by atoms with Crippen LogP contribution in [0.3, 0.4) is 0 Å². The number of likely N-dealkylation sites (N-methyl/N-ethyl adjacent to an activating group) is 1. The van der Waals surface area contributed by atoms with E-state index in [9.17, 15) is 18.8 Å². The number of carbonyl (C=O) groups excluding carboxylic acids is 3. The second kappa shape index (κ2) is 8.44. The van der Waals surface area contributed by atoms with Crippen LogP contribution < -0.4 is 10.2 Å². The zero-order valence-corrected chi connectivity index (χ0v) is 17.1. The molecule has 1 aliphatic heterocycles. The van der Waals surface area contributed by atoms with Crippen LogP contribution in [0.25, 0.3) is 0 Å². The summed E-state index contributed by atoms with van der Waals surface area (Å²) in [6.45, 7) is 2.17. The predicted octanol–water partition coefficient (Wildman–Crippen LogP) is 4.02. The molecule has 0 aliphatic carbocycles. The normalized spacial score (nSPS) is 14.6. The van der Waals surface area contributed by atoms with Crippen molar-refractivity contribution in [3.8, 4) is 6.07 Å². The first-order valence-electron chi connectivity index (χ1n) is 9.99. The molecule has 0 saturated carbocycles. The lowest BCUT2D eigenvalue weighted by atomic mass is 9.94. The van der Waals surface area contributed by atoms with Crippen LogP contribution in [0.15, 0.2) is 66.7 Å². The van der Waals surface area contributed by atoms with E-state index in [0.717, 1.165) is 0 Å². The van der Waals surface area contributed by atoms with Crippen LogP contribution >= 0.6 is 0 Å². The molecule has 3 aromatic carbocycles. The highest BCUT2D eigenvalue weighted by Crippen LogP contribution is 2.39. The summed E-state index contributed by atoms with van der Waals surface area (Å²) in [4.78, 5) is 40.4. The van der Waals surface area contributed by atoms with E-state index >= 15 is 0 Å². The van der Waals surface area contributed by atoms with Gasteiger partial charge in [-0.15, -0.1) is 0 Å². The summed E-state index contributed by atoms with van der Waals surface area (Å²) in [6.07, 6.45) is 0. The van der Waals surface area contributed by atoms with Crippen molar-refractivity contribution in [2.45, 2.75) is 12.8 Å². The summed E-state index contributed by atoms with van der Waals surface area (Å²) >= 11 is 0. The number of benzene rings is 3. The van der Waals surface area contributed by atoms with Crippen LogP contribution in [0, 0.1) is 17.1 Å². The fourth-order valence-corrected chi connectivity index (χ4v) is 3.77. The van der Waals surface area contributed by atoms with Crippen LogP contribution in [0.1, 0.15) is 39.9 Å². The van der Waals surface area contributed by atoms with E-state index in [1.807, 2.05) is 6.07 Å². The molecule has 7 heteroatoms. The molecule has 0 bridgehead atoms. The maximum Gasteiger partial charge on any atom is 0.244 e. The van der Waals surface area contributed by atoms with Crippen LogP contribution in [-0.4, -0.2) is 24.1 Å². The Hall–Kier alpha value is -4.31. The first-order valence-corrected chi connectivity index (χ1v) is 9.99. The van der Waals surface area contributed by atoms with Crippen molar-refractivity contribution in [2.24, 2.45) is 0 Å². The van der Waals surface area contributed by atoms with E-state index in [1.54, 1.807) is 49.4 Å². The Kier molecular flexibility index (Phi) is 5.52. The number of rotatable bonds is 5. The van der Waals surface area contributed by atoms with Crippen LogP contribution in [0.2, 0.25) is 0 Å². The number of fused-ring (bicyclic) bond motifs is 1. The van der Waals surface area contributed by atoms with Crippen molar-refractivity contribution in [2.75, 3.05) is 16.8 Å². The highest BCUT2D eigenvalue weighted by molar-refractivity contribution is 6.21. The number of nitriles is 1. The number of ketones is 1. The molecule has 1 N–H and O–H groups in total. The first-order chi connectivity index (χ1) is 15.4. The van der Waals surface area contributed by atoms with Gasteiger partial charge in [0.05, 0.1) is 11.6 Å². The quantitative estimate of drug-likeness (QED) is 0.492. The van der Waals surface area contributed by atoms with E-state index < -0.39 is 17.6 Å². The van der Waals surface area contributed by atoms with Gasteiger partial charge in [0, 0.05) is 29.0 Å². The molecule has 1 aliphatic rings. The number of halogens is 1. The Morgan fingerprint density at radius 1 is 1.03 bits per heavy atom. The minimum absolute atomic E-state index is 0.280. The van der Waals surface area contributed by atoms with Crippen molar-refractivity contribution < 1.29 is 18.8 Å². The van der Waals surface area contributed by atoms with Gasteiger partial charge >= 0.3 is 0 Å². The zero-order valence-electron chi connectivity index (χ0n) is 17.1. The molecule has 1 unspecified atom stereocenters. The van der Waals surface area contributed by atoms with Crippen molar-refractivity contribution in [3.05, 3.63) is 94.8 Å². The molecule has 1 atom stereocenters. The molecule has 1 heterocycles. The molecule has 6 nitrogen and oxygen atoms in total. The molecule has 3 aromatic rings. The summed E-state index contributed by atoms with van der Waals surface area (Å²) in [7, 11) is 0. The van der Waals surface area contributed by atoms with E-state index in [-0.39, 0.29) is 11.7 Å². The number of amides is 2. The van der Waals surface area contributed by atoms with Crippen molar-refractivity contribution in [1.29, 1.82) is 5.26 Å². The second-order valence-corrected chi connectivity index (χ2v) is 7.30. The average molecular weight is 427 g/mol. The van der Waals surface area contributed by atoms with Gasteiger partial charge < -0.3 is 10.2 Å². The summed E-state index contributed by atoms with van der Waals surface area (Å²) in [5.41, 5.74) is 2.55. The maximum atomic E-state index is 13.2. The molecular formula is C25H18FN3O3. The molecule has 0 fully saturated rings. The SMILES string of the molecule is CCN1C(=O)C(C(=O)Nc2ccc(F)cc2)c2cc(C(=O)c3ccc(C#N)cc3)ccc21. The minimum atomic E-state index is -1.12. The number of nitrogens with zero attached hydrogens (tertiary/aromatic N) is 2. The molecule has 2 amide bonds. The largest absolute Gasteiger partial charge is 0.325 e. The van der Waals surface area contributed by atoms with Crippen LogP contribution in [-0.2, 0) is 9.59 Å². The van der Waals surface area contributed by atoms with E-state index in [1.165, 1.54) is 29.2 Å². The number of hydrogen-bond donors (Lipinski definition) is 1. The summed E-state index contributed by atoms with van der Waals surface area (Å²) in [5.74, 6) is -2.78. The highest BCUT2D eigenvalue weighted by atomic mass is 19.1. The van der Waals surface area contributed by atoms with Crippen LogP contribution in [0.5, 0.6) is 0 Å². The summed E-state index contributed by atoms with van der Waals surface area (Å²) in [5, 5.41) is 11.6. The molecular weight excluding hydrogens is 409 g/mol. The van der Waals surface area contributed by atoms with Gasteiger partial charge in [-0.3, -0.25) is 14.4 Å². The Labute approximate surface area is 183 Å². The van der Waals surface area contributed by atoms with Gasteiger partial charge in [-0.05, 0) is 79.2 Å². The third-order valence-electron chi connectivity index (χ3n) is 5.37. The molecule has 0 saturated heterocycles. The minimum Gasteiger partial charge on any atom is -0.325 e. The first kappa shape index (κ1) is 20.9. The van der Waals surface area contributed by atoms with E-state index in [2.05, 4.69) is 5.32 Å². The van der Waals surface area contributed by atoms with Gasteiger partial charge in [-0.2, -0.15) is 5.26 Å². The van der Waals surface area contributed by atoms with Gasteiger partial charge in [-0.1, -0.05) is 0 Å². The lowest BCUT2D eigenvalue weighted by Crippen LogP contribution is -2.33. The third-order valence-corrected chi connectivity index (χ3v) is 5.37. The predicted molar refractivity (Wildman–Crippen MR) is 117 cm³/mol. The van der Waals surface area contributed by atoms with Gasteiger partial charge in [0.25, 0.3) is 0 Å². The highest BCUT2D eigenvalue weighted by Gasteiger charge is 2.41. The topological polar surface area (TPSA) is 90.3 Å². The smallest absolute Gasteiger partial charge is 0.244 e. The molecule has 0 radical (unpaired) electrons. The number of hydrogen-bond acceptors (Lipinski definition) is 4. The lowest BCUT2D eigenvalue weighted by Gasteiger charge is -2.15. The molecule has 0 aromatic heterocycles. The van der Waals surface area contributed by atoms with Crippen LogP contribution in [0.4, 0.5) is 15.8 Å². The standard InChI is InChI=1S/C25H18FN3O3/c1-2-29-21-12-7-17(23(30)16-5-3-15(14-27)4-6-16)13-20(21)22(25(29)32)24(31)28-19-10-8-18(26)9-11-19/h3-13,22H,2H2,1H3,(H,28,31). The number of anilines is 2. The number of nitrogens with one attached hydrogen (secondary N) is 1. The van der Waals surface area contributed by atoms with E-state index in [4.69, 9.17) is 5.26 Å². The zero-order chi connectivity index (χ0) is 22.8. The fourth-order valence-electron chi connectivity index (χ4n) is 3.77. The molecule has 0 spiro atoms. The van der Waals surface area contributed by atoms with Crippen molar-refractivity contribution in [1.82, 2.24) is 0 Å². The second-order valence-electron chi connectivity index (χ2n) is 7.30. The summed E-state index contributed by atoms with van der Waals surface area (Å²) in [6, 6.07) is 18.4. The molecule has 158 valence electrons. The Morgan fingerprint density at radius 3 is 2.31 bits per heavy atom. The molecule has 4 rings (SSSR count). The van der Waals surface area contributed by atoms with Gasteiger partial charge in [-0.25, -0.2) is 4.39 Å². The van der Waals surface area contributed by atoms with Gasteiger partial charge in [0.15, 0.2) is 5.78 Å². The Morgan fingerprint density at radius 2 is 1.69 bits per heavy atom. The van der Waals surface area contributed by atoms with Crippen molar-refractivity contribution in [3.63, 3.8) is 0 Å². The lowest BCUT2D eigenvalue weighted by molar-refractivity contribution is -0.126. The fraction of sp³-hybridized carbons (Fsp3) is 0.120. The monoisotopic (exact) mass is 427 g/mol. The maximum absolute atomic E-state index is 13.2. The van der Waals surface area contributed by atoms with Crippen molar-refractivity contribution >= 4 is 29.0 Å².